The average molecular weight is 285 g/mol. The summed E-state index contributed by atoms with van der Waals surface area (Å²) in [5.41, 5.74) is 2.65. The van der Waals surface area contributed by atoms with Crippen molar-refractivity contribution < 1.29 is 0 Å². The zero-order valence-electron chi connectivity index (χ0n) is 11.1. The second-order valence-electron chi connectivity index (χ2n) is 4.68. The van der Waals surface area contributed by atoms with E-state index in [1.807, 2.05) is 6.07 Å². The number of halogens is 1. The minimum absolute atomic E-state index is 0.710. The monoisotopic (exact) mass is 284 g/mol. The molecule has 0 bridgehead atoms. The molecule has 0 aromatic heterocycles. The van der Waals surface area contributed by atoms with Gasteiger partial charge in [0.15, 0.2) is 0 Å². The van der Waals surface area contributed by atoms with Crippen molar-refractivity contribution in [2.45, 2.75) is 25.6 Å². The van der Waals surface area contributed by atoms with Crippen LogP contribution in [0.1, 0.15) is 19.4 Å². The van der Waals surface area contributed by atoms with Crippen LogP contribution in [-0.4, -0.2) is 30.6 Å². The van der Waals surface area contributed by atoms with Gasteiger partial charge >= 0.3 is 0 Å². The van der Waals surface area contributed by atoms with Gasteiger partial charge in [0.25, 0.3) is 0 Å². The van der Waals surface area contributed by atoms with E-state index in [0.717, 1.165) is 31.2 Å². The van der Waals surface area contributed by atoms with Crippen molar-refractivity contribution in [3.05, 3.63) is 28.8 Å². The number of anilines is 1. The molecule has 0 amide bonds. The Balaban J connectivity index is 2.19. The molecule has 1 saturated heterocycles. The minimum atomic E-state index is 0.710. The maximum Gasteiger partial charge on any atom is 0.0413 e. The van der Waals surface area contributed by atoms with Gasteiger partial charge in [0, 0.05) is 41.3 Å². The SMILES string of the molecule is CCNCc1cc(Cl)ccc1N1CCSC(C)C1. The zero-order chi connectivity index (χ0) is 13.0. The molecule has 0 radical (unpaired) electrons. The highest BCUT2D eigenvalue weighted by molar-refractivity contribution is 8.00. The Bertz CT molecular complexity index is 397. The second-order valence-corrected chi connectivity index (χ2v) is 6.66. The smallest absolute Gasteiger partial charge is 0.0413 e. The van der Waals surface area contributed by atoms with Crippen LogP contribution >= 0.6 is 23.4 Å². The quantitative estimate of drug-likeness (QED) is 0.912. The molecule has 1 N–H and O–H groups in total. The molecule has 18 heavy (non-hydrogen) atoms. The zero-order valence-corrected chi connectivity index (χ0v) is 12.7. The summed E-state index contributed by atoms with van der Waals surface area (Å²) in [6.07, 6.45) is 0. The third-order valence-corrected chi connectivity index (χ3v) is 4.56. The first-order valence-electron chi connectivity index (χ1n) is 6.56. The fourth-order valence-corrected chi connectivity index (χ4v) is 3.51. The molecule has 1 aliphatic rings. The molecule has 2 nitrogen and oxygen atoms in total. The number of nitrogens with zero attached hydrogens (tertiary/aromatic N) is 1. The first-order chi connectivity index (χ1) is 8.70. The van der Waals surface area contributed by atoms with Crippen LogP contribution in [0.2, 0.25) is 5.02 Å². The van der Waals surface area contributed by atoms with Gasteiger partial charge in [-0.05, 0) is 30.3 Å². The standard InChI is InChI=1S/C14H21ClN2S/c1-3-16-9-12-8-13(15)4-5-14(12)17-6-7-18-11(2)10-17/h4-5,8,11,16H,3,6-7,9-10H2,1-2H3. The van der Waals surface area contributed by atoms with E-state index in [0.29, 0.717) is 5.25 Å². The third-order valence-electron chi connectivity index (χ3n) is 3.19. The summed E-state index contributed by atoms with van der Waals surface area (Å²) < 4.78 is 0. The van der Waals surface area contributed by atoms with Crippen LogP contribution in [0.25, 0.3) is 0 Å². The highest BCUT2D eigenvalue weighted by atomic mass is 35.5. The van der Waals surface area contributed by atoms with Crippen molar-refractivity contribution in [1.82, 2.24) is 5.32 Å². The predicted octanol–water partition coefficient (Wildman–Crippen LogP) is 3.39. The molecule has 1 aromatic carbocycles. The van der Waals surface area contributed by atoms with Crippen LogP contribution < -0.4 is 10.2 Å². The molecular weight excluding hydrogens is 264 g/mol. The lowest BCUT2D eigenvalue weighted by molar-refractivity contribution is 0.715. The summed E-state index contributed by atoms with van der Waals surface area (Å²) in [6.45, 7) is 8.57. The lowest BCUT2D eigenvalue weighted by Gasteiger charge is -2.34. The number of thioether (sulfide) groups is 1. The van der Waals surface area contributed by atoms with E-state index in [-0.39, 0.29) is 0 Å². The van der Waals surface area contributed by atoms with Crippen molar-refractivity contribution in [3.8, 4) is 0 Å². The van der Waals surface area contributed by atoms with Crippen molar-refractivity contribution >= 4 is 29.1 Å². The Morgan fingerprint density at radius 1 is 1.50 bits per heavy atom. The van der Waals surface area contributed by atoms with Gasteiger partial charge < -0.3 is 10.2 Å². The van der Waals surface area contributed by atoms with Gasteiger partial charge in [0.05, 0.1) is 0 Å². The van der Waals surface area contributed by atoms with Gasteiger partial charge in [0.1, 0.15) is 0 Å². The Morgan fingerprint density at radius 2 is 2.33 bits per heavy atom. The van der Waals surface area contributed by atoms with Gasteiger partial charge in [0.2, 0.25) is 0 Å². The molecule has 1 unspecified atom stereocenters. The van der Waals surface area contributed by atoms with E-state index in [4.69, 9.17) is 11.6 Å². The fourth-order valence-electron chi connectivity index (χ4n) is 2.30. The van der Waals surface area contributed by atoms with Crippen LogP contribution in [0.4, 0.5) is 5.69 Å². The van der Waals surface area contributed by atoms with Gasteiger partial charge in [-0.25, -0.2) is 0 Å². The lowest BCUT2D eigenvalue weighted by Crippen LogP contribution is -2.37. The van der Waals surface area contributed by atoms with Crippen molar-refractivity contribution in [1.29, 1.82) is 0 Å². The molecule has 1 aliphatic heterocycles. The van der Waals surface area contributed by atoms with E-state index >= 15 is 0 Å². The number of rotatable bonds is 4. The van der Waals surface area contributed by atoms with E-state index in [1.165, 1.54) is 17.0 Å². The molecule has 0 saturated carbocycles. The van der Waals surface area contributed by atoms with E-state index in [2.05, 4.69) is 48.0 Å². The first kappa shape index (κ1) is 14.0. The van der Waals surface area contributed by atoms with E-state index in [9.17, 15) is 0 Å². The first-order valence-corrected chi connectivity index (χ1v) is 7.99. The molecule has 2 rings (SSSR count). The largest absolute Gasteiger partial charge is 0.369 e. The fraction of sp³-hybridized carbons (Fsp3) is 0.571. The lowest BCUT2D eigenvalue weighted by atomic mass is 10.1. The van der Waals surface area contributed by atoms with Crippen molar-refractivity contribution in [3.63, 3.8) is 0 Å². The maximum absolute atomic E-state index is 6.11. The van der Waals surface area contributed by atoms with Crippen LogP contribution in [0.5, 0.6) is 0 Å². The summed E-state index contributed by atoms with van der Waals surface area (Å²) in [5.74, 6) is 1.21. The third kappa shape index (κ3) is 3.56. The second kappa shape index (κ2) is 6.69. The molecular formula is C14H21ClN2S. The van der Waals surface area contributed by atoms with Gasteiger partial charge in [-0.15, -0.1) is 0 Å². The Morgan fingerprint density at radius 3 is 3.06 bits per heavy atom. The molecule has 1 atom stereocenters. The normalized spacial score (nSPS) is 20.2. The molecule has 1 aromatic rings. The van der Waals surface area contributed by atoms with Gasteiger partial charge in [-0.2, -0.15) is 11.8 Å². The van der Waals surface area contributed by atoms with Crippen molar-refractivity contribution in [2.24, 2.45) is 0 Å². The van der Waals surface area contributed by atoms with Crippen LogP contribution in [-0.2, 0) is 6.54 Å². The van der Waals surface area contributed by atoms with Crippen molar-refractivity contribution in [2.75, 3.05) is 30.3 Å². The summed E-state index contributed by atoms with van der Waals surface area (Å²) in [5, 5.41) is 4.93. The number of benzene rings is 1. The maximum atomic E-state index is 6.11. The van der Waals surface area contributed by atoms with Gasteiger partial charge in [-0.1, -0.05) is 25.4 Å². The number of hydrogen-bond acceptors (Lipinski definition) is 3. The highest BCUT2D eigenvalue weighted by Gasteiger charge is 2.19. The summed E-state index contributed by atoms with van der Waals surface area (Å²) in [7, 11) is 0. The Labute approximate surface area is 119 Å². The molecule has 0 aliphatic carbocycles. The summed E-state index contributed by atoms with van der Waals surface area (Å²) in [4.78, 5) is 2.49. The van der Waals surface area contributed by atoms with Crippen LogP contribution in [0, 0.1) is 0 Å². The molecule has 100 valence electrons. The average Bonchev–Trinajstić information content (AvgIpc) is 2.36. The van der Waals surface area contributed by atoms with Gasteiger partial charge in [-0.3, -0.25) is 0 Å². The van der Waals surface area contributed by atoms with E-state index in [1.54, 1.807) is 0 Å². The summed E-state index contributed by atoms with van der Waals surface area (Å²) in [6, 6.07) is 6.25. The molecule has 1 fully saturated rings. The molecule has 0 spiro atoms. The Kier molecular flexibility index (Phi) is 5.22. The predicted molar refractivity (Wildman–Crippen MR) is 83.0 cm³/mol. The Hall–Kier alpha value is -0.380. The van der Waals surface area contributed by atoms with Crippen LogP contribution in [0.3, 0.4) is 0 Å². The number of hydrogen-bond donors (Lipinski definition) is 1. The summed E-state index contributed by atoms with van der Waals surface area (Å²) >= 11 is 8.17. The minimum Gasteiger partial charge on any atom is -0.369 e. The topological polar surface area (TPSA) is 15.3 Å². The molecule has 1 heterocycles. The van der Waals surface area contributed by atoms with Crippen LogP contribution in [0.15, 0.2) is 18.2 Å². The number of nitrogens with one attached hydrogen (secondary N) is 1. The molecule has 4 heteroatoms. The van der Waals surface area contributed by atoms with E-state index < -0.39 is 0 Å². The highest BCUT2D eigenvalue weighted by Crippen LogP contribution is 2.28.